The van der Waals surface area contributed by atoms with E-state index < -0.39 is 0 Å². The maximum absolute atomic E-state index is 5.68. The largest absolute Gasteiger partial charge is 0.493 e. The zero-order valence-corrected chi connectivity index (χ0v) is 15.2. The number of benzene rings is 2. The molecular weight excluding hydrogens is 326 g/mol. The van der Waals surface area contributed by atoms with Gasteiger partial charge in [-0.2, -0.15) is 4.98 Å². The lowest BCUT2D eigenvalue weighted by atomic mass is 9.97. The van der Waals surface area contributed by atoms with Crippen molar-refractivity contribution in [2.75, 3.05) is 11.5 Å². The van der Waals surface area contributed by atoms with E-state index in [-0.39, 0.29) is 0 Å². The Hall–Kier alpha value is -2.82. The van der Waals surface area contributed by atoms with E-state index in [9.17, 15) is 0 Å². The summed E-state index contributed by atoms with van der Waals surface area (Å²) in [5.74, 6) is 1.97. The number of para-hydroxylation sites is 2. The fourth-order valence-electron chi connectivity index (χ4n) is 3.51. The van der Waals surface area contributed by atoms with Gasteiger partial charge in [0.05, 0.1) is 18.7 Å². The van der Waals surface area contributed by atoms with E-state index in [1.54, 1.807) is 0 Å². The van der Waals surface area contributed by atoms with Gasteiger partial charge in [-0.1, -0.05) is 35.5 Å². The third kappa shape index (κ3) is 3.17. The number of nitrogens with zero attached hydrogens (tertiary/aromatic N) is 3. The molecule has 0 fully saturated rings. The summed E-state index contributed by atoms with van der Waals surface area (Å²) in [5, 5.41) is 4.18. The Kier molecular flexibility index (Phi) is 4.61. The molecule has 0 unspecified atom stereocenters. The minimum atomic E-state index is 0.441. The minimum absolute atomic E-state index is 0.441. The molecule has 0 radical (unpaired) electrons. The summed E-state index contributed by atoms with van der Waals surface area (Å²) in [5.41, 5.74) is 3.50. The average molecular weight is 349 g/mol. The van der Waals surface area contributed by atoms with Gasteiger partial charge < -0.3 is 14.2 Å². The lowest BCUT2D eigenvalue weighted by Crippen LogP contribution is -2.36. The van der Waals surface area contributed by atoms with Crippen molar-refractivity contribution in [1.29, 1.82) is 0 Å². The predicted molar refractivity (Wildman–Crippen MR) is 101 cm³/mol. The monoisotopic (exact) mass is 349 g/mol. The van der Waals surface area contributed by atoms with Crippen LogP contribution in [-0.4, -0.2) is 22.8 Å². The maximum Gasteiger partial charge on any atom is 0.246 e. The first kappa shape index (κ1) is 16.6. The number of rotatable bonds is 5. The van der Waals surface area contributed by atoms with Gasteiger partial charge in [-0.3, -0.25) is 0 Å². The number of anilines is 1. The highest BCUT2D eigenvalue weighted by atomic mass is 16.5. The quantitative estimate of drug-likeness (QED) is 0.680. The van der Waals surface area contributed by atoms with Crippen LogP contribution in [0.3, 0.4) is 0 Å². The zero-order valence-electron chi connectivity index (χ0n) is 15.2. The van der Waals surface area contributed by atoms with Crippen LogP contribution in [0.2, 0.25) is 0 Å². The van der Waals surface area contributed by atoms with Crippen LogP contribution in [0.15, 0.2) is 53.1 Å². The highest BCUT2D eigenvalue weighted by molar-refractivity contribution is 5.63. The van der Waals surface area contributed by atoms with Crippen LogP contribution in [0.4, 0.5) is 5.69 Å². The first-order valence-corrected chi connectivity index (χ1v) is 9.15. The van der Waals surface area contributed by atoms with Gasteiger partial charge in [0, 0.05) is 11.7 Å². The molecule has 0 amide bonds. The van der Waals surface area contributed by atoms with Gasteiger partial charge in [-0.15, -0.1) is 0 Å². The van der Waals surface area contributed by atoms with Crippen molar-refractivity contribution < 1.29 is 9.26 Å². The Balaban J connectivity index is 1.60. The second-order valence-corrected chi connectivity index (χ2v) is 6.59. The number of hydrogen-bond donors (Lipinski definition) is 0. The molecular formula is C21H23N3O2. The normalized spacial score (nSPS) is 16.4. The molecule has 4 rings (SSSR count). The predicted octanol–water partition coefficient (Wildman–Crippen LogP) is 4.48. The van der Waals surface area contributed by atoms with Crippen molar-refractivity contribution in [2.45, 2.75) is 39.3 Å². The van der Waals surface area contributed by atoms with Crippen LogP contribution in [0.1, 0.15) is 31.7 Å². The van der Waals surface area contributed by atoms with E-state index in [0.717, 1.165) is 24.2 Å². The van der Waals surface area contributed by atoms with E-state index >= 15 is 0 Å². The van der Waals surface area contributed by atoms with Crippen molar-refractivity contribution in [3.05, 3.63) is 60.0 Å². The Bertz CT molecular complexity index is 890. The van der Waals surface area contributed by atoms with Crippen LogP contribution in [0.25, 0.3) is 11.4 Å². The van der Waals surface area contributed by atoms with E-state index in [1.807, 2.05) is 31.2 Å². The molecule has 134 valence electrons. The molecule has 1 aromatic heterocycles. The summed E-state index contributed by atoms with van der Waals surface area (Å²) in [4.78, 5) is 6.98. The number of ether oxygens (including phenoxy) is 1. The fraction of sp³-hybridized carbons (Fsp3) is 0.333. The van der Waals surface area contributed by atoms with Crippen LogP contribution in [0, 0.1) is 0 Å². The number of fused-ring (bicyclic) bond motifs is 1. The van der Waals surface area contributed by atoms with Crippen molar-refractivity contribution in [3.63, 3.8) is 0 Å². The molecule has 1 aliphatic heterocycles. The third-order valence-corrected chi connectivity index (χ3v) is 4.87. The van der Waals surface area contributed by atoms with E-state index in [1.165, 1.54) is 11.3 Å². The summed E-state index contributed by atoms with van der Waals surface area (Å²) in [6.45, 7) is 5.43. The Morgan fingerprint density at radius 3 is 2.85 bits per heavy atom. The molecule has 0 spiro atoms. The molecule has 1 atom stereocenters. The second-order valence-electron chi connectivity index (χ2n) is 6.59. The zero-order chi connectivity index (χ0) is 17.9. The van der Waals surface area contributed by atoms with Crippen molar-refractivity contribution in [3.8, 4) is 17.1 Å². The van der Waals surface area contributed by atoms with E-state index in [2.05, 4.69) is 46.2 Å². The molecule has 5 heteroatoms. The molecule has 2 heterocycles. The SMILES string of the molecule is CCOc1ccccc1-c1noc(CN2c3ccccc3CC[C@@H]2C)n1. The smallest absolute Gasteiger partial charge is 0.246 e. The molecule has 0 saturated heterocycles. The van der Waals surface area contributed by atoms with Crippen molar-refractivity contribution in [2.24, 2.45) is 0 Å². The summed E-state index contributed by atoms with van der Waals surface area (Å²) < 4.78 is 11.2. The third-order valence-electron chi connectivity index (χ3n) is 4.87. The van der Waals surface area contributed by atoms with E-state index in [4.69, 9.17) is 9.26 Å². The number of aromatic nitrogens is 2. The first-order valence-electron chi connectivity index (χ1n) is 9.15. The van der Waals surface area contributed by atoms with Crippen molar-refractivity contribution >= 4 is 5.69 Å². The van der Waals surface area contributed by atoms with E-state index in [0.29, 0.717) is 30.9 Å². The number of hydrogen-bond acceptors (Lipinski definition) is 5. The Morgan fingerprint density at radius 2 is 1.96 bits per heavy atom. The minimum Gasteiger partial charge on any atom is -0.493 e. The Labute approximate surface area is 153 Å². The van der Waals surface area contributed by atoms with Gasteiger partial charge in [-0.25, -0.2) is 0 Å². The van der Waals surface area contributed by atoms with Gasteiger partial charge in [0.15, 0.2) is 0 Å². The van der Waals surface area contributed by atoms with Gasteiger partial charge in [0.2, 0.25) is 11.7 Å². The lowest BCUT2D eigenvalue weighted by Gasteiger charge is -2.36. The Morgan fingerprint density at radius 1 is 1.15 bits per heavy atom. The lowest BCUT2D eigenvalue weighted by molar-refractivity contribution is 0.340. The van der Waals surface area contributed by atoms with Gasteiger partial charge in [0.1, 0.15) is 5.75 Å². The summed E-state index contributed by atoms with van der Waals surface area (Å²) >= 11 is 0. The van der Waals surface area contributed by atoms with Crippen molar-refractivity contribution in [1.82, 2.24) is 10.1 Å². The molecule has 0 aliphatic carbocycles. The highest BCUT2D eigenvalue weighted by Gasteiger charge is 2.25. The molecule has 5 nitrogen and oxygen atoms in total. The van der Waals surface area contributed by atoms with Crippen LogP contribution in [0.5, 0.6) is 5.75 Å². The molecule has 0 saturated carbocycles. The molecule has 0 N–H and O–H groups in total. The average Bonchev–Trinajstić information content (AvgIpc) is 3.13. The molecule has 2 aromatic carbocycles. The topological polar surface area (TPSA) is 51.4 Å². The molecule has 26 heavy (non-hydrogen) atoms. The molecule has 1 aliphatic rings. The fourth-order valence-corrected chi connectivity index (χ4v) is 3.51. The van der Waals surface area contributed by atoms with Gasteiger partial charge in [-0.05, 0) is 50.5 Å². The first-order chi connectivity index (χ1) is 12.8. The van der Waals surface area contributed by atoms with Crippen LogP contribution < -0.4 is 9.64 Å². The summed E-state index contributed by atoms with van der Waals surface area (Å²) in [7, 11) is 0. The van der Waals surface area contributed by atoms with Gasteiger partial charge >= 0.3 is 0 Å². The maximum atomic E-state index is 5.68. The number of aryl methyl sites for hydroxylation is 1. The van der Waals surface area contributed by atoms with Crippen LogP contribution >= 0.6 is 0 Å². The summed E-state index contributed by atoms with van der Waals surface area (Å²) in [6, 6.07) is 16.8. The van der Waals surface area contributed by atoms with Gasteiger partial charge in [0.25, 0.3) is 0 Å². The second kappa shape index (κ2) is 7.20. The molecule has 0 bridgehead atoms. The highest BCUT2D eigenvalue weighted by Crippen LogP contribution is 2.32. The van der Waals surface area contributed by atoms with Crippen LogP contribution in [-0.2, 0) is 13.0 Å². The standard InChI is InChI=1S/C21H23N3O2/c1-3-25-19-11-7-5-9-17(19)21-22-20(26-23-21)14-24-15(2)12-13-16-8-4-6-10-18(16)24/h4-11,15H,3,12-14H2,1-2H3/t15-/m0/s1. The molecule has 3 aromatic rings. The summed E-state index contributed by atoms with van der Waals surface area (Å²) in [6.07, 6.45) is 2.25.